The fourth-order valence-electron chi connectivity index (χ4n) is 2.47. The molecule has 0 radical (unpaired) electrons. The highest BCUT2D eigenvalue weighted by molar-refractivity contribution is 6.30. The molecule has 0 heterocycles. The van der Waals surface area contributed by atoms with E-state index < -0.39 is 5.97 Å². The van der Waals surface area contributed by atoms with Crippen molar-refractivity contribution in [1.29, 1.82) is 0 Å². The molecule has 0 amide bonds. The van der Waals surface area contributed by atoms with Crippen molar-refractivity contribution >= 4 is 23.3 Å². The van der Waals surface area contributed by atoms with Crippen molar-refractivity contribution in [2.75, 3.05) is 11.4 Å². The molecule has 3 nitrogen and oxygen atoms in total. The van der Waals surface area contributed by atoms with E-state index >= 15 is 0 Å². The van der Waals surface area contributed by atoms with Gasteiger partial charge in [0.2, 0.25) is 0 Å². The van der Waals surface area contributed by atoms with E-state index in [2.05, 4.69) is 6.92 Å². The zero-order valence-electron chi connectivity index (χ0n) is 11.9. The Morgan fingerprint density at radius 3 is 2.29 bits per heavy atom. The molecule has 2 aromatic rings. The van der Waals surface area contributed by atoms with Gasteiger partial charge >= 0.3 is 5.97 Å². The Kier molecular flexibility index (Phi) is 5.23. The molecule has 0 saturated carbocycles. The average Bonchev–Trinajstić information content (AvgIpc) is 2.49. The van der Waals surface area contributed by atoms with Gasteiger partial charge in [-0.2, -0.15) is 0 Å². The first-order valence-corrected chi connectivity index (χ1v) is 7.28. The number of benzene rings is 2. The molecular formula is C17H18ClNO2. The van der Waals surface area contributed by atoms with E-state index in [1.807, 2.05) is 59.5 Å². The molecule has 1 N–H and O–H groups in total. The summed E-state index contributed by atoms with van der Waals surface area (Å²) in [6, 6.07) is 17.2. The van der Waals surface area contributed by atoms with Crippen LogP contribution >= 0.6 is 11.6 Å². The fourth-order valence-corrected chi connectivity index (χ4v) is 2.59. The van der Waals surface area contributed by atoms with Crippen molar-refractivity contribution in [2.24, 2.45) is 0 Å². The summed E-state index contributed by atoms with van der Waals surface area (Å²) in [5, 5.41) is 9.90. The van der Waals surface area contributed by atoms with Gasteiger partial charge in [-0.1, -0.05) is 48.9 Å². The molecule has 0 spiro atoms. The quantitative estimate of drug-likeness (QED) is 0.861. The number of para-hydroxylation sites is 1. The fraction of sp³-hybridized carbons (Fsp3) is 0.235. The Bertz CT molecular complexity index is 583. The van der Waals surface area contributed by atoms with Gasteiger partial charge in [-0.05, 0) is 36.2 Å². The first kappa shape index (κ1) is 15.4. The Morgan fingerprint density at radius 2 is 1.76 bits per heavy atom. The van der Waals surface area contributed by atoms with Crippen LogP contribution in [0.5, 0.6) is 0 Å². The van der Waals surface area contributed by atoms with Crippen LogP contribution in [0.15, 0.2) is 54.6 Å². The van der Waals surface area contributed by atoms with Crippen LogP contribution in [-0.2, 0) is 4.79 Å². The van der Waals surface area contributed by atoms with Gasteiger partial charge < -0.3 is 10.0 Å². The summed E-state index contributed by atoms with van der Waals surface area (Å²) in [5.74, 6) is -0.841. The van der Waals surface area contributed by atoms with Crippen molar-refractivity contribution in [2.45, 2.75) is 19.4 Å². The topological polar surface area (TPSA) is 40.5 Å². The third-order valence-electron chi connectivity index (χ3n) is 3.41. The van der Waals surface area contributed by atoms with E-state index in [-0.39, 0.29) is 12.6 Å². The smallest absolute Gasteiger partial charge is 0.323 e. The molecule has 0 saturated heterocycles. The summed E-state index contributed by atoms with van der Waals surface area (Å²) in [6.45, 7) is 2.02. The molecule has 4 heteroatoms. The SMILES string of the molecule is CCC(c1ccc(Cl)cc1)N(CC(=O)O)c1ccccc1. The molecule has 1 atom stereocenters. The van der Waals surface area contributed by atoms with Crippen molar-refractivity contribution in [3.63, 3.8) is 0 Å². The lowest BCUT2D eigenvalue weighted by Crippen LogP contribution is -2.33. The van der Waals surface area contributed by atoms with Crippen LogP contribution in [0.3, 0.4) is 0 Å². The van der Waals surface area contributed by atoms with E-state index in [1.165, 1.54) is 0 Å². The predicted molar refractivity (Wildman–Crippen MR) is 85.9 cm³/mol. The second-order valence-corrected chi connectivity index (χ2v) is 5.27. The van der Waals surface area contributed by atoms with E-state index in [0.717, 1.165) is 17.7 Å². The maximum absolute atomic E-state index is 11.2. The van der Waals surface area contributed by atoms with Gasteiger partial charge in [0.15, 0.2) is 0 Å². The average molecular weight is 304 g/mol. The Hall–Kier alpha value is -2.00. The summed E-state index contributed by atoms with van der Waals surface area (Å²) >= 11 is 5.93. The van der Waals surface area contributed by atoms with Crippen LogP contribution in [0, 0.1) is 0 Å². The number of hydrogen-bond acceptors (Lipinski definition) is 2. The number of carbonyl (C=O) groups is 1. The number of aliphatic carboxylic acids is 1. The van der Waals surface area contributed by atoms with Gasteiger partial charge in [-0.3, -0.25) is 4.79 Å². The van der Waals surface area contributed by atoms with E-state index in [4.69, 9.17) is 11.6 Å². The number of rotatable bonds is 6. The number of anilines is 1. The van der Waals surface area contributed by atoms with Crippen LogP contribution in [0.4, 0.5) is 5.69 Å². The zero-order valence-corrected chi connectivity index (χ0v) is 12.6. The van der Waals surface area contributed by atoms with Gasteiger partial charge in [-0.15, -0.1) is 0 Å². The highest BCUT2D eigenvalue weighted by Gasteiger charge is 2.21. The van der Waals surface area contributed by atoms with Crippen molar-refractivity contribution in [3.8, 4) is 0 Å². The van der Waals surface area contributed by atoms with E-state index in [0.29, 0.717) is 5.02 Å². The Labute approximate surface area is 129 Å². The molecule has 0 aromatic heterocycles. The summed E-state index contributed by atoms with van der Waals surface area (Å²) in [7, 11) is 0. The van der Waals surface area contributed by atoms with Crippen molar-refractivity contribution in [3.05, 3.63) is 65.2 Å². The molecule has 1 unspecified atom stereocenters. The van der Waals surface area contributed by atoms with Crippen LogP contribution in [0.25, 0.3) is 0 Å². The monoisotopic (exact) mass is 303 g/mol. The molecule has 0 fully saturated rings. The largest absolute Gasteiger partial charge is 0.480 e. The highest BCUT2D eigenvalue weighted by atomic mass is 35.5. The van der Waals surface area contributed by atoms with E-state index in [9.17, 15) is 9.90 Å². The molecule has 21 heavy (non-hydrogen) atoms. The molecular weight excluding hydrogens is 286 g/mol. The van der Waals surface area contributed by atoms with Gasteiger partial charge in [0, 0.05) is 10.7 Å². The third kappa shape index (κ3) is 3.99. The number of nitrogens with zero attached hydrogens (tertiary/aromatic N) is 1. The lowest BCUT2D eigenvalue weighted by Gasteiger charge is -2.32. The van der Waals surface area contributed by atoms with Crippen LogP contribution in [-0.4, -0.2) is 17.6 Å². The molecule has 110 valence electrons. The van der Waals surface area contributed by atoms with Crippen molar-refractivity contribution in [1.82, 2.24) is 0 Å². The lowest BCUT2D eigenvalue weighted by molar-refractivity contribution is -0.135. The summed E-state index contributed by atoms with van der Waals surface area (Å²) < 4.78 is 0. The van der Waals surface area contributed by atoms with Gasteiger partial charge in [0.1, 0.15) is 6.54 Å². The molecule has 2 rings (SSSR count). The summed E-state index contributed by atoms with van der Waals surface area (Å²) in [5.41, 5.74) is 1.97. The highest BCUT2D eigenvalue weighted by Crippen LogP contribution is 2.30. The molecule has 0 aliphatic rings. The standard InChI is InChI=1S/C17H18ClNO2/c1-2-16(13-8-10-14(18)11-9-13)19(12-17(20)21)15-6-4-3-5-7-15/h3-11,16H,2,12H2,1H3,(H,20,21). The number of halogens is 1. The summed E-state index contributed by atoms with van der Waals surface area (Å²) in [4.78, 5) is 13.1. The minimum absolute atomic E-state index is 0.000710. The van der Waals surface area contributed by atoms with Crippen LogP contribution in [0.2, 0.25) is 5.02 Å². The zero-order chi connectivity index (χ0) is 15.2. The van der Waals surface area contributed by atoms with E-state index in [1.54, 1.807) is 0 Å². The normalized spacial score (nSPS) is 11.9. The predicted octanol–water partition coefficient (Wildman–Crippen LogP) is 4.38. The maximum Gasteiger partial charge on any atom is 0.323 e. The number of hydrogen-bond donors (Lipinski definition) is 1. The Balaban J connectivity index is 2.37. The minimum atomic E-state index is -0.841. The number of carboxylic acid groups (broad SMARTS) is 1. The number of carboxylic acids is 1. The second kappa shape index (κ2) is 7.14. The van der Waals surface area contributed by atoms with Crippen LogP contribution < -0.4 is 4.90 Å². The van der Waals surface area contributed by atoms with Gasteiger partial charge in [-0.25, -0.2) is 0 Å². The third-order valence-corrected chi connectivity index (χ3v) is 3.66. The summed E-state index contributed by atoms with van der Waals surface area (Å²) in [6.07, 6.45) is 0.809. The second-order valence-electron chi connectivity index (χ2n) is 4.83. The minimum Gasteiger partial charge on any atom is -0.480 e. The Morgan fingerprint density at radius 1 is 1.14 bits per heavy atom. The molecule has 0 aliphatic heterocycles. The lowest BCUT2D eigenvalue weighted by atomic mass is 10.0. The molecule has 2 aromatic carbocycles. The molecule has 0 aliphatic carbocycles. The first-order chi connectivity index (χ1) is 10.1. The van der Waals surface area contributed by atoms with Gasteiger partial charge in [0.05, 0.1) is 6.04 Å². The first-order valence-electron chi connectivity index (χ1n) is 6.90. The maximum atomic E-state index is 11.2. The van der Waals surface area contributed by atoms with Crippen molar-refractivity contribution < 1.29 is 9.90 Å². The van der Waals surface area contributed by atoms with Gasteiger partial charge in [0.25, 0.3) is 0 Å². The molecule has 0 bridgehead atoms. The van der Waals surface area contributed by atoms with Crippen LogP contribution in [0.1, 0.15) is 24.9 Å².